The highest BCUT2D eigenvalue weighted by atomic mass is 32.2. The van der Waals surface area contributed by atoms with Crippen molar-refractivity contribution in [2.24, 2.45) is 17.8 Å². The third kappa shape index (κ3) is 8.46. The Bertz CT molecular complexity index is 2420. The van der Waals surface area contributed by atoms with Gasteiger partial charge in [0.1, 0.15) is 29.8 Å². The second kappa shape index (κ2) is 17.1. The van der Waals surface area contributed by atoms with Gasteiger partial charge in [-0.3, -0.25) is 28.5 Å². The number of aromatic nitrogens is 2. The van der Waals surface area contributed by atoms with Gasteiger partial charge in [-0.25, -0.2) is 13.2 Å². The van der Waals surface area contributed by atoms with E-state index in [9.17, 15) is 32.4 Å². The number of amides is 4. The molecule has 7 atom stereocenters. The summed E-state index contributed by atoms with van der Waals surface area (Å²) in [6, 6.07) is 13.2. The minimum Gasteiger partial charge on any atom is -0.459 e. The van der Waals surface area contributed by atoms with E-state index in [2.05, 4.69) is 21.9 Å². The van der Waals surface area contributed by atoms with Gasteiger partial charge in [-0.15, -0.1) is 6.58 Å². The molecule has 9 rings (SSSR count). The van der Waals surface area contributed by atoms with Crippen LogP contribution in [0.2, 0.25) is 0 Å². The topological polar surface area (TPSA) is 195 Å². The lowest BCUT2D eigenvalue weighted by atomic mass is 9.96. The first kappa shape index (κ1) is 42.1. The highest BCUT2D eigenvalue weighted by molar-refractivity contribution is 7.91. The molecule has 3 aromatic rings. The predicted octanol–water partition coefficient (Wildman–Crippen LogP) is 5.11. The molecule has 0 radical (unpaired) electrons. The Hall–Kier alpha value is -5.25. The van der Waals surface area contributed by atoms with E-state index in [1.807, 2.05) is 42.5 Å². The van der Waals surface area contributed by atoms with Crippen molar-refractivity contribution in [2.75, 3.05) is 6.54 Å². The number of alkyl carbamates (subject to hydrolysis) is 1. The third-order valence-corrected chi connectivity index (χ3v) is 15.9. The Morgan fingerprint density at radius 1 is 0.871 bits per heavy atom. The maximum atomic E-state index is 15.0. The number of carbonyl (C=O) groups is 4. The Balaban J connectivity index is 1.08. The summed E-state index contributed by atoms with van der Waals surface area (Å²) < 4.78 is 42.2. The summed E-state index contributed by atoms with van der Waals surface area (Å²) in [6.07, 6.45) is 9.77. The van der Waals surface area contributed by atoms with Crippen molar-refractivity contribution in [1.29, 1.82) is 0 Å². The minimum atomic E-state index is -3.93. The van der Waals surface area contributed by atoms with E-state index >= 15 is 0 Å². The number of benzene rings is 2. The molecule has 3 heterocycles. The van der Waals surface area contributed by atoms with Crippen molar-refractivity contribution in [1.82, 2.24) is 29.8 Å². The zero-order chi connectivity index (χ0) is 43.2. The average molecular weight is 869 g/mol. The van der Waals surface area contributed by atoms with E-state index in [-0.39, 0.29) is 48.9 Å². The number of sulfonamides is 1. The summed E-state index contributed by atoms with van der Waals surface area (Å²) >= 11 is 0. The van der Waals surface area contributed by atoms with Gasteiger partial charge in [0.2, 0.25) is 21.8 Å². The van der Waals surface area contributed by atoms with E-state index in [4.69, 9.17) is 14.5 Å². The number of hydrogen-bond acceptors (Lipinski definition) is 10. The van der Waals surface area contributed by atoms with Gasteiger partial charge in [-0.1, -0.05) is 68.2 Å². The van der Waals surface area contributed by atoms with E-state index < -0.39 is 68.7 Å². The molecule has 0 unspecified atom stereocenters. The number of ether oxygens (including phenoxy) is 2. The highest BCUT2D eigenvalue weighted by Gasteiger charge is 2.62. The number of rotatable bonds is 8. The number of nitrogens with one attached hydrogen (secondary N) is 3. The molecule has 2 aliphatic heterocycles. The van der Waals surface area contributed by atoms with Crippen molar-refractivity contribution in [3.63, 3.8) is 0 Å². The predicted molar refractivity (Wildman–Crippen MR) is 230 cm³/mol. The van der Waals surface area contributed by atoms with Crippen LogP contribution in [0.15, 0.2) is 66.0 Å². The molecule has 6 aliphatic rings. The number of hydrogen-bond donors (Lipinski definition) is 3. The summed E-state index contributed by atoms with van der Waals surface area (Å²) in [5.74, 6) is -2.56. The summed E-state index contributed by atoms with van der Waals surface area (Å²) in [6.45, 7) is 4.07. The van der Waals surface area contributed by atoms with Crippen molar-refractivity contribution < 1.29 is 37.1 Å². The molecule has 1 aromatic heterocycles. The molecule has 2 bridgehead atoms. The van der Waals surface area contributed by atoms with Crippen LogP contribution in [-0.4, -0.2) is 88.3 Å². The lowest BCUT2D eigenvalue weighted by Gasteiger charge is -2.32. The van der Waals surface area contributed by atoms with Gasteiger partial charge in [0.05, 0.1) is 22.7 Å². The van der Waals surface area contributed by atoms with Crippen LogP contribution >= 0.6 is 0 Å². The van der Waals surface area contributed by atoms with Crippen LogP contribution in [0.3, 0.4) is 0 Å². The van der Waals surface area contributed by atoms with Gasteiger partial charge >= 0.3 is 6.09 Å². The quantitative estimate of drug-likeness (QED) is 0.256. The molecule has 0 spiro atoms. The van der Waals surface area contributed by atoms with Crippen molar-refractivity contribution >= 4 is 44.7 Å². The standard InChI is InChI=1S/C46H56N6O9S/c1-2-32-26-46(32,43(56)50-62(58,59)34-20-21-34)49-40(53)37-25-33-27-52(37)42(55)39(30-15-8-9-16-30)48-45(57)61-38-18-11-17-29(38)14-7-4-10-23-51-41(54)35-22-19-31(28-12-5-3-6-13-28)24-36(35)47-44(51)60-33/h2-3,5-6,12-13,19,22,24,29-30,32-34,37-39H,1,4,7-11,14-18,20-21,23,25-27H2,(H,48,57)(H,49,53)(H,50,56)/t29-,32-,33-,37+,38-,39+,46-/m1/s1. The smallest absolute Gasteiger partial charge is 0.408 e. The zero-order valence-corrected chi connectivity index (χ0v) is 35.8. The molecule has 15 nitrogen and oxygen atoms in total. The Morgan fingerprint density at radius 3 is 2.35 bits per heavy atom. The molecular weight excluding hydrogens is 813 g/mol. The molecule has 4 aliphatic carbocycles. The van der Waals surface area contributed by atoms with Crippen LogP contribution in [0.1, 0.15) is 96.3 Å². The van der Waals surface area contributed by atoms with Crippen LogP contribution in [0, 0.1) is 17.8 Å². The molecular formula is C46H56N6O9S. The van der Waals surface area contributed by atoms with E-state index in [1.54, 1.807) is 10.6 Å². The second-order valence-corrected chi connectivity index (χ2v) is 20.2. The van der Waals surface area contributed by atoms with Crippen LogP contribution in [0.5, 0.6) is 6.01 Å². The molecule has 4 saturated carbocycles. The zero-order valence-electron chi connectivity index (χ0n) is 35.0. The van der Waals surface area contributed by atoms with E-state index in [1.165, 1.54) is 11.0 Å². The fourth-order valence-corrected chi connectivity index (χ4v) is 11.7. The highest BCUT2D eigenvalue weighted by Crippen LogP contribution is 2.46. The number of fused-ring (bicyclic) bond motifs is 5. The lowest BCUT2D eigenvalue weighted by Crippen LogP contribution is -2.59. The fraction of sp³-hybridized carbons (Fsp3) is 0.565. The SMILES string of the molecule is C=C[C@@H]1C[C@]1(NC(=O)[C@@H]1C[C@@H]2CN1C(=O)[C@H](C1CCCC1)NC(=O)O[C@@H]1CCC[C@H]1CCCCCn1c(nc3cc(-c4ccccc4)ccc3c1=O)O2)C(=O)NS(=O)(=O)C1CC1. The molecule has 2 aromatic carbocycles. The molecule has 16 heteroatoms. The van der Waals surface area contributed by atoms with Crippen molar-refractivity contribution in [3.05, 3.63) is 71.5 Å². The largest absolute Gasteiger partial charge is 0.459 e. The summed E-state index contributed by atoms with van der Waals surface area (Å²) in [4.78, 5) is 77.7. The summed E-state index contributed by atoms with van der Waals surface area (Å²) in [5.41, 5.74) is 0.437. The van der Waals surface area contributed by atoms with Gasteiger partial charge in [0.25, 0.3) is 17.5 Å². The van der Waals surface area contributed by atoms with Gasteiger partial charge in [-0.2, -0.15) is 4.98 Å². The van der Waals surface area contributed by atoms with Crippen molar-refractivity contribution in [3.8, 4) is 17.1 Å². The maximum absolute atomic E-state index is 15.0. The molecule has 62 heavy (non-hydrogen) atoms. The molecule has 1 saturated heterocycles. The van der Waals surface area contributed by atoms with E-state index in [0.717, 1.165) is 62.5 Å². The van der Waals surface area contributed by atoms with Crippen molar-refractivity contribution in [2.45, 2.75) is 138 Å². The maximum Gasteiger partial charge on any atom is 0.408 e. The fourth-order valence-electron chi connectivity index (χ4n) is 10.3. The van der Waals surface area contributed by atoms with E-state index in [0.29, 0.717) is 49.6 Å². The first-order chi connectivity index (χ1) is 29.9. The summed E-state index contributed by atoms with van der Waals surface area (Å²) in [7, 11) is -3.93. The van der Waals surface area contributed by atoms with Crippen LogP contribution in [0.4, 0.5) is 4.79 Å². The summed E-state index contributed by atoms with van der Waals surface area (Å²) in [5, 5.41) is 5.57. The molecule has 5 fully saturated rings. The van der Waals surface area contributed by atoms with Crippen LogP contribution in [0.25, 0.3) is 22.0 Å². The molecule has 4 amide bonds. The third-order valence-electron chi connectivity index (χ3n) is 14.1. The average Bonchev–Trinajstić information content (AvgIpc) is 4.05. The Kier molecular flexibility index (Phi) is 11.6. The first-order valence-corrected chi connectivity index (χ1v) is 24.0. The number of nitrogens with zero attached hydrogens (tertiary/aromatic N) is 3. The monoisotopic (exact) mass is 868 g/mol. The minimum absolute atomic E-state index is 0.0298. The van der Waals surface area contributed by atoms with Crippen LogP contribution < -0.4 is 25.7 Å². The van der Waals surface area contributed by atoms with Crippen LogP contribution in [-0.2, 0) is 35.7 Å². The van der Waals surface area contributed by atoms with Gasteiger partial charge < -0.3 is 25.0 Å². The normalized spacial score (nSPS) is 29.6. The number of carbonyl (C=O) groups excluding carboxylic acids is 4. The Morgan fingerprint density at radius 2 is 1.61 bits per heavy atom. The second-order valence-electron chi connectivity index (χ2n) is 18.3. The lowest BCUT2D eigenvalue weighted by molar-refractivity contribution is -0.142. The Labute approximate surface area is 361 Å². The first-order valence-electron chi connectivity index (χ1n) is 22.5. The van der Waals surface area contributed by atoms with Gasteiger partial charge in [0.15, 0.2) is 0 Å². The van der Waals surface area contributed by atoms with Gasteiger partial charge in [0, 0.05) is 18.9 Å². The van der Waals surface area contributed by atoms with Gasteiger partial charge in [-0.05, 0) is 99.3 Å². The molecule has 3 N–H and O–H groups in total. The molecule has 330 valence electrons.